The van der Waals surface area contributed by atoms with E-state index in [4.69, 9.17) is 5.11 Å². The van der Waals surface area contributed by atoms with Gasteiger partial charge < -0.3 is 10.4 Å². The second kappa shape index (κ2) is 2.21. The van der Waals surface area contributed by atoms with E-state index in [2.05, 4.69) is 5.32 Å². The van der Waals surface area contributed by atoms with Crippen LogP contribution >= 0.6 is 0 Å². The number of carbonyl (C=O) groups is 1. The van der Waals surface area contributed by atoms with Gasteiger partial charge in [-0.2, -0.15) is 0 Å². The minimum atomic E-state index is -0.158. The molecule has 0 aromatic heterocycles. The molecule has 62 valence electrons. The number of hydrogen-bond donors (Lipinski definition) is 2. The molecule has 11 heavy (non-hydrogen) atoms. The molecule has 3 heteroatoms. The van der Waals surface area contributed by atoms with Gasteiger partial charge in [0.05, 0.1) is 5.41 Å². The van der Waals surface area contributed by atoms with Crippen molar-refractivity contribution in [3.05, 3.63) is 0 Å². The van der Waals surface area contributed by atoms with Crippen LogP contribution in [-0.2, 0) is 4.79 Å². The van der Waals surface area contributed by atoms with Gasteiger partial charge >= 0.3 is 0 Å². The zero-order chi connectivity index (χ0) is 7.90. The van der Waals surface area contributed by atoms with Gasteiger partial charge in [0.1, 0.15) is 0 Å². The van der Waals surface area contributed by atoms with Gasteiger partial charge in [-0.25, -0.2) is 0 Å². The van der Waals surface area contributed by atoms with Crippen LogP contribution in [0, 0.1) is 11.3 Å². The maximum Gasteiger partial charge on any atom is 0.226 e. The summed E-state index contributed by atoms with van der Waals surface area (Å²) < 4.78 is 0. The quantitative estimate of drug-likeness (QED) is 0.555. The fourth-order valence-electron chi connectivity index (χ4n) is 2.20. The molecule has 2 rings (SSSR count). The number of rotatable bonds is 1. The molecule has 2 fully saturated rings. The Hall–Kier alpha value is -0.570. The predicted molar refractivity (Wildman–Crippen MR) is 39.9 cm³/mol. The largest absolute Gasteiger partial charge is 0.396 e. The Labute approximate surface area is 65.8 Å². The number of nitrogens with one attached hydrogen (secondary N) is 1. The zero-order valence-corrected chi connectivity index (χ0v) is 6.47. The SMILES string of the molecule is O=C1NCC(CO)C12CCC2. The van der Waals surface area contributed by atoms with Crippen molar-refractivity contribution in [2.24, 2.45) is 11.3 Å². The Morgan fingerprint density at radius 1 is 1.64 bits per heavy atom. The average molecular weight is 155 g/mol. The lowest BCUT2D eigenvalue weighted by atomic mass is 9.62. The number of amides is 1. The van der Waals surface area contributed by atoms with E-state index in [0.717, 1.165) is 19.3 Å². The first-order valence-corrected chi connectivity index (χ1v) is 4.19. The molecule has 0 aromatic carbocycles. The summed E-state index contributed by atoms with van der Waals surface area (Å²) in [6.07, 6.45) is 3.10. The average Bonchev–Trinajstić information content (AvgIpc) is 2.24. The lowest BCUT2D eigenvalue weighted by molar-refractivity contribution is -0.134. The third kappa shape index (κ3) is 0.745. The standard InChI is InChI=1S/C8H13NO2/c10-5-6-4-9-7(11)8(6)2-1-3-8/h6,10H,1-5H2,(H,9,11). The van der Waals surface area contributed by atoms with Gasteiger partial charge in [-0.15, -0.1) is 0 Å². The van der Waals surface area contributed by atoms with E-state index in [1.807, 2.05) is 0 Å². The van der Waals surface area contributed by atoms with Crippen LogP contribution in [0.5, 0.6) is 0 Å². The van der Waals surface area contributed by atoms with Gasteiger partial charge in [-0.3, -0.25) is 4.79 Å². The summed E-state index contributed by atoms with van der Waals surface area (Å²) in [6.45, 7) is 0.827. The van der Waals surface area contributed by atoms with Crippen molar-refractivity contribution in [3.8, 4) is 0 Å². The molecule has 1 amide bonds. The van der Waals surface area contributed by atoms with Crippen molar-refractivity contribution in [1.82, 2.24) is 5.32 Å². The Balaban J connectivity index is 2.18. The number of aliphatic hydroxyl groups excluding tert-OH is 1. The predicted octanol–water partition coefficient (Wildman–Crippen LogP) is -0.105. The molecule has 1 atom stereocenters. The number of carbonyl (C=O) groups excluding carboxylic acids is 1. The molecule has 0 radical (unpaired) electrons. The van der Waals surface area contributed by atoms with Gasteiger partial charge in [0.15, 0.2) is 0 Å². The molecule has 2 N–H and O–H groups in total. The van der Waals surface area contributed by atoms with Crippen molar-refractivity contribution in [3.63, 3.8) is 0 Å². The highest BCUT2D eigenvalue weighted by Gasteiger charge is 2.53. The van der Waals surface area contributed by atoms with Crippen molar-refractivity contribution in [2.75, 3.05) is 13.2 Å². The second-order valence-corrected chi connectivity index (χ2v) is 3.60. The topological polar surface area (TPSA) is 49.3 Å². The minimum Gasteiger partial charge on any atom is -0.396 e. The Morgan fingerprint density at radius 3 is 2.73 bits per heavy atom. The molecule has 1 unspecified atom stereocenters. The molecule has 1 aliphatic heterocycles. The molecule has 0 bridgehead atoms. The van der Waals surface area contributed by atoms with Gasteiger partial charge in [0, 0.05) is 19.1 Å². The van der Waals surface area contributed by atoms with E-state index >= 15 is 0 Å². The van der Waals surface area contributed by atoms with Crippen molar-refractivity contribution >= 4 is 5.91 Å². The van der Waals surface area contributed by atoms with E-state index in [9.17, 15) is 4.79 Å². The van der Waals surface area contributed by atoms with E-state index in [-0.39, 0.29) is 23.8 Å². The Bertz CT molecular complexity index is 187. The van der Waals surface area contributed by atoms with Crippen LogP contribution in [0.4, 0.5) is 0 Å². The summed E-state index contributed by atoms with van der Waals surface area (Å²) in [7, 11) is 0. The zero-order valence-electron chi connectivity index (χ0n) is 6.47. The van der Waals surface area contributed by atoms with Crippen molar-refractivity contribution < 1.29 is 9.90 Å². The van der Waals surface area contributed by atoms with Gasteiger partial charge in [-0.1, -0.05) is 6.42 Å². The van der Waals surface area contributed by atoms with Gasteiger partial charge in [-0.05, 0) is 12.8 Å². The molecule has 1 saturated carbocycles. The van der Waals surface area contributed by atoms with E-state index in [1.165, 1.54) is 0 Å². The highest BCUT2D eigenvalue weighted by molar-refractivity contribution is 5.86. The summed E-state index contributed by atoms with van der Waals surface area (Å²) in [6, 6.07) is 0. The Kier molecular flexibility index (Phi) is 1.42. The van der Waals surface area contributed by atoms with Crippen molar-refractivity contribution in [1.29, 1.82) is 0 Å². The summed E-state index contributed by atoms with van der Waals surface area (Å²) in [5.41, 5.74) is -0.158. The highest BCUT2D eigenvalue weighted by atomic mass is 16.3. The molecule has 2 aliphatic rings. The van der Waals surface area contributed by atoms with Crippen LogP contribution in [0.25, 0.3) is 0 Å². The van der Waals surface area contributed by atoms with Crippen LogP contribution in [-0.4, -0.2) is 24.2 Å². The smallest absolute Gasteiger partial charge is 0.226 e. The first-order chi connectivity index (χ1) is 5.29. The highest BCUT2D eigenvalue weighted by Crippen LogP contribution is 2.49. The molecular weight excluding hydrogens is 142 g/mol. The lowest BCUT2D eigenvalue weighted by Gasteiger charge is -2.39. The summed E-state index contributed by atoms with van der Waals surface area (Å²) in [4.78, 5) is 11.3. The normalized spacial score (nSPS) is 33.5. The maximum absolute atomic E-state index is 11.3. The van der Waals surface area contributed by atoms with E-state index < -0.39 is 0 Å². The Morgan fingerprint density at radius 2 is 2.36 bits per heavy atom. The van der Waals surface area contributed by atoms with Crippen LogP contribution < -0.4 is 5.32 Å². The van der Waals surface area contributed by atoms with Crippen molar-refractivity contribution in [2.45, 2.75) is 19.3 Å². The number of aliphatic hydroxyl groups is 1. The molecule has 3 nitrogen and oxygen atoms in total. The summed E-state index contributed by atoms with van der Waals surface area (Å²) in [5.74, 6) is 0.353. The van der Waals surface area contributed by atoms with Gasteiger partial charge in [0.2, 0.25) is 5.91 Å². The monoisotopic (exact) mass is 155 g/mol. The first kappa shape index (κ1) is 7.10. The first-order valence-electron chi connectivity index (χ1n) is 4.19. The van der Waals surface area contributed by atoms with Crippen LogP contribution in [0.1, 0.15) is 19.3 Å². The molecular formula is C8H13NO2. The number of hydrogen-bond acceptors (Lipinski definition) is 2. The molecule has 1 aliphatic carbocycles. The third-order valence-electron chi connectivity index (χ3n) is 3.21. The van der Waals surface area contributed by atoms with Gasteiger partial charge in [0.25, 0.3) is 0 Å². The molecule has 0 aromatic rings. The molecule has 1 saturated heterocycles. The minimum absolute atomic E-state index is 0.152. The third-order valence-corrected chi connectivity index (χ3v) is 3.21. The van der Waals surface area contributed by atoms with Crippen LogP contribution in [0.15, 0.2) is 0 Å². The van der Waals surface area contributed by atoms with E-state index in [1.54, 1.807) is 0 Å². The summed E-state index contributed by atoms with van der Waals surface area (Å²) >= 11 is 0. The van der Waals surface area contributed by atoms with Crippen LogP contribution in [0.3, 0.4) is 0 Å². The summed E-state index contributed by atoms with van der Waals surface area (Å²) in [5, 5.41) is 11.8. The lowest BCUT2D eigenvalue weighted by Crippen LogP contribution is -2.42. The fraction of sp³-hybridized carbons (Fsp3) is 0.875. The second-order valence-electron chi connectivity index (χ2n) is 3.60. The van der Waals surface area contributed by atoms with E-state index in [0.29, 0.717) is 6.54 Å². The molecule has 1 heterocycles. The fourth-order valence-corrected chi connectivity index (χ4v) is 2.20. The molecule has 1 spiro atoms. The maximum atomic E-state index is 11.3. The van der Waals surface area contributed by atoms with Crippen LogP contribution in [0.2, 0.25) is 0 Å².